The van der Waals surface area contributed by atoms with Crippen LogP contribution in [-0.2, 0) is 28.8 Å². The highest BCUT2D eigenvalue weighted by molar-refractivity contribution is 5.89. The zero-order valence-corrected chi connectivity index (χ0v) is 34.5. The van der Waals surface area contributed by atoms with Crippen LogP contribution in [0.15, 0.2) is 146 Å². The van der Waals surface area contributed by atoms with E-state index < -0.39 is 53.6 Å². The van der Waals surface area contributed by atoms with Crippen molar-refractivity contribution < 1.29 is 57.2 Å². The Morgan fingerprint density at radius 2 is 0.468 bits per heavy atom. The quantitative estimate of drug-likeness (QED) is 0.0757. The third-order valence-corrected chi connectivity index (χ3v) is 9.66. The third-order valence-electron chi connectivity index (χ3n) is 9.66. The molecule has 6 rings (SSSR count). The van der Waals surface area contributed by atoms with E-state index in [1.165, 1.54) is 34.6 Å². The van der Waals surface area contributed by atoms with E-state index in [2.05, 4.69) is 0 Å². The summed E-state index contributed by atoms with van der Waals surface area (Å²) in [5.74, 6) is -5.55. The number of hydrogen-bond donors (Lipinski definition) is 0. The Morgan fingerprint density at radius 1 is 0.290 bits per heavy atom. The molecule has 12 nitrogen and oxygen atoms in total. The first kappa shape index (κ1) is 43.7. The fourth-order valence-corrected chi connectivity index (χ4v) is 6.53. The summed E-state index contributed by atoms with van der Waals surface area (Å²) >= 11 is 0. The summed E-state index contributed by atoms with van der Waals surface area (Å²) in [5.41, 5.74) is 4.88. The first-order valence-corrected chi connectivity index (χ1v) is 19.5. The molecule has 0 spiro atoms. The standard InChI is InChI=1S/C50H42O12/c1-30(48(54)60-44-24-12-38(13-25-44)35-6-18-41(19-7-35)57-32(3)51)47(50(56)62-46-28-16-40(17-29-46)37-10-22-43(23-11-37)59-34(5)53)31(2)49(55)61-45-26-14-39(15-27-45)36-8-20-42(21-9-36)58-33(4)52/h6-31,47H,1-5H3. The summed E-state index contributed by atoms with van der Waals surface area (Å²) < 4.78 is 32.6. The highest BCUT2D eigenvalue weighted by Crippen LogP contribution is 2.32. The van der Waals surface area contributed by atoms with Gasteiger partial charge in [-0.05, 0) is 106 Å². The van der Waals surface area contributed by atoms with Crippen LogP contribution in [-0.4, -0.2) is 35.8 Å². The number of benzene rings is 6. The largest absolute Gasteiger partial charge is 0.427 e. The maximum absolute atomic E-state index is 14.0. The summed E-state index contributed by atoms with van der Waals surface area (Å²) in [7, 11) is 0. The molecule has 0 saturated heterocycles. The van der Waals surface area contributed by atoms with Crippen molar-refractivity contribution in [1.82, 2.24) is 0 Å². The topological polar surface area (TPSA) is 158 Å². The zero-order valence-electron chi connectivity index (χ0n) is 34.5. The van der Waals surface area contributed by atoms with Crippen LogP contribution in [0.4, 0.5) is 0 Å². The molecule has 0 saturated carbocycles. The monoisotopic (exact) mass is 834 g/mol. The molecule has 0 aliphatic heterocycles. The van der Waals surface area contributed by atoms with E-state index in [1.54, 1.807) is 146 Å². The lowest BCUT2D eigenvalue weighted by atomic mass is 9.83. The van der Waals surface area contributed by atoms with E-state index in [1.807, 2.05) is 0 Å². The minimum absolute atomic E-state index is 0.175. The number of carbonyl (C=O) groups is 6. The summed E-state index contributed by atoms with van der Waals surface area (Å²) in [5, 5.41) is 0. The molecule has 0 aliphatic carbocycles. The molecule has 0 heterocycles. The van der Waals surface area contributed by atoms with Crippen molar-refractivity contribution in [3.63, 3.8) is 0 Å². The molecule has 0 aliphatic rings. The Labute approximate surface area is 357 Å². The number of rotatable bonds is 14. The lowest BCUT2D eigenvalue weighted by molar-refractivity contribution is -0.157. The van der Waals surface area contributed by atoms with Gasteiger partial charge in [0.15, 0.2) is 0 Å². The number of carbonyl (C=O) groups excluding carboxylic acids is 6. The van der Waals surface area contributed by atoms with Gasteiger partial charge < -0.3 is 28.4 Å². The van der Waals surface area contributed by atoms with Crippen LogP contribution in [0.25, 0.3) is 33.4 Å². The van der Waals surface area contributed by atoms with Gasteiger partial charge in [-0.2, -0.15) is 0 Å². The van der Waals surface area contributed by atoms with Crippen molar-refractivity contribution in [2.45, 2.75) is 34.6 Å². The zero-order chi connectivity index (χ0) is 44.3. The van der Waals surface area contributed by atoms with Crippen molar-refractivity contribution in [3.8, 4) is 67.9 Å². The second-order valence-electron chi connectivity index (χ2n) is 14.3. The van der Waals surface area contributed by atoms with Crippen LogP contribution in [0.2, 0.25) is 0 Å². The number of esters is 6. The Balaban J connectivity index is 1.17. The molecule has 0 amide bonds. The summed E-state index contributed by atoms with van der Waals surface area (Å²) in [6, 6.07) is 40.8. The normalized spacial score (nSPS) is 12.1. The smallest absolute Gasteiger partial charge is 0.316 e. The molecule has 0 bridgehead atoms. The second kappa shape index (κ2) is 19.9. The summed E-state index contributed by atoms with van der Waals surface area (Å²) in [6.07, 6.45) is 0. The molecule has 6 aromatic carbocycles. The molecule has 0 radical (unpaired) electrons. The lowest BCUT2D eigenvalue weighted by Gasteiger charge is -2.25. The number of ether oxygens (including phenoxy) is 6. The Bertz CT molecular complexity index is 2420. The molecule has 2 unspecified atom stereocenters. The molecule has 62 heavy (non-hydrogen) atoms. The van der Waals surface area contributed by atoms with Gasteiger partial charge in [-0.15, -0.1) is 0 Å². The highest BCUT2D eigenvalue weighted by Gasteiger charge is 2.41. The van der Waals surface area contributed by atoms with Gasteiger partial charge in [-0.1, -0.05) is 86.6 Å². The molecule has 0 N–H and O–H groups in total. The van der Waals surface area contributed by atoms with Crippen LogP contribution in [0.1, 0.15) is 34.6 Å². The van der Waals surface area contributed by atoms with Crippen molar-refractivity contribution in [2.75, 3.05) is 0 Å². The minimum Gasteiger partial charge on any atom is -0.427 e. The van der Waals surface area contributed by atoms with Crippen molar-refractivity contribution in [2.24, 2.45) is 17.8 Å². The average Bonchev–Trinajstić information content (AvgIpc) is 3.25. The first-order valence-electron chi connectivity index (χ1n) is 19.5. The van der Waals surface area contributed by atoms with Crippen molar-refractivity contribution in [1.29, 1.82) is 0 Å². The Kier molecular flexibility index (Phi) is 14.1. The average molecular weight is 835 g/mol. The Hall–Kier alpha value is -7.86. The summed E-state index contributed by atoms with van der Waals surface area (Å²) in [6.45, 7) is 6.94. The molecular formula is C50H42O12. The van der Waals surface area contributed by atoms with Gasteiger partial charge in [0.25, 0.3) is 0 Å². The molecule has 12 heteroatoms. The van der Waals surface area contributed by atoms with Gasteiger partial charge in [0, 0.05) is 20.8 Å². The van der Waals surface area contributed by atoms with Gasteiger partial charge in [-0.3, -0.25) is 28.8 Å². The minimum atomic E-state index is -1.34. The fourth-order valence-electron chi connectivity index (χ4n) is 6.53. The van der Waals surface area contributed by atoms with E-state index in [-0.39, 0.29) is 17.2 Å². The van der Waals surface area contributed by atoms with Crippen molar-refractivity contribution in [3.05, 3.63) is 146 Å². The predicted octanol–water partition coefficient (Wildman–Crippen LogP) is 9.47. The van der Waals surface area contributed by atoms with Crippen LogP contribution in [0.5, 0.6) is 34.5 Å². The van der Waals surface area contributed by atoms with Gasteiger partial charge in [0.2, 0.25) is 0 Å². The lowest BCUT2D eigenvalue weighted by Crippen LogP contribution is -2.41. The van der Waals surface area contributed by atoms with Crippen LogP contribution < -0.4 is 28.4 Å². The number of hydrogen-bond acceptors (Lipinski definition) is 12. The Morgan fingerprint density at radius 3 is 0.661 bits per heavy atom. The second-order valence-corrected chi connectivity index (χ2v) is 14.3. The van der Waals surface area contributed by atoms with Crippen LogP contribution >= 0.6 is 0 Å². The molecule has 0 aromatic heterocycles. The summed E-state index contributed by atoms with van der Waals surface area (Å²) in [4.78, 5) is 75.3. The fraction of sp³-hybridized carbons (Fsp3) is 0.160. The maximum Gasteiger partial charge on any atom is 0.316 e. The van der Waals surface area contributed by atoms with Crippen molar-refractivity contribution >= 4 is 35.8 Å². The molecule has 2 atom stereocenters. The maximum atomic E-state index is 14.0. The van der Waals surface area contributed by atoms with E-state index in [9.17, 15) is 28.8 Å². The van der Waals surface area contributed by atoms with Crippen LogP contribution in [0, 0.1) is 17.8 Å². The van der Waals surface area contributed by atoms with E-state index in [0.717, 1.165) is 33.4 Å². The van der Waals surface area contributed by atoms with E-state index >= 15 is 0 Å². The van der Waals surface area contributed by atoms with Gasteiger partial charge in [-0.25, -0.2) is 0 Å². The highest BCUT2D eigenvalue weighted by atomic mass is 16.6. The predicted molar refractivity (Wildman–Crippen MR) is 228 cm³/mol. The van der Waals surface area contributed by atoms with Crippen LogP contribution in [0.3, 0.4) is 0 Å². The molecule has 314 valence electrons. The van der Waals surface area contributed by atoms with E-state index in [4.69, 9.17) is 28.4 Å². The molecule has 0 fully saturated rings. The molecule has 6 aromatic rings. The van der Waals surface area contributed by atoms with Gasteiger partial charge in [0.05, 0.1) is 17.8 Å². The molecular weight excluding hydrogens is 793 g/mol. The van der Waals surface area contributed by atoms with Gasteiger partial charge >= 0.3 is 35.8 Å². The third kappa shape index (κ3) is 11.7. The first-order chi connectivity index (χ1) is 29.7. The SMILES string of the molecule is CC(=O)Oc1ccc(-c2ccc(OC(=O)C(C)C(C(=O)Oc3ccc(-c4ccc(OC(C)=O)cc4)cc3)C(C)C(=O)Oc3ccc(-c4ccc(OC(C)=O)cc4)cc3)cc2)cc1. The van der Waals surface area contributed by atoms with Gasteiger partial charge in [0.1, 0.15) is 34.5 Å². The van der Waals surface area contributed by atoms with E-state index in [0.29, 0.717) is 17.2 Å².